The van der Waals surface area contributed by atoms with Crippen LogP contribution in [0.25, 0.3) is 10.9 Å². The first-order valence-corrected chi connectivity index (χ1v) is 8.76. The van der Waals surface area contributed by atoms with Crippen molar-refractivity contribution in [2.75, 3.05) is 13.1 Å². The molecular formula is C20H24N4. The van der Waals surface area contributed by atoms with Crippen molar-refractivity contribution in [1.82, 2.24) is 14.7 Å². The van der Waals surface area contributed by atoms with Crippen LogP contribution in [0.3, 0.4) is 0 Å². The van der Waals surface area contributed by atoms with Crippen molar-refractivity contribution >= 4 is 10.9 Å². The molecule has 2 heterocycles. The van der Waals surface area contributed by atoms with Gasteiger partial charge < -0.3 is 5.73 Å². The average Bonchev–Trinajstić information content (AvgIpc) is 3.06. The number of benzene rings is 2. The number of piperidine rings is 1. The van der Waals surface area contributed by atoms with Crippen LogP contribution in [-0.4, -0.2) is 27.8 Å². The van der Waals surface area contributed by atoms with Gasteiger partial charge in [0.1, 0.15) is 0 Å². The quantitative estimate of drug-likeness (QED) is 0.802. The summed E-state index contributed by atoms with van der Waals surface area (Å²) in [6.45, 7) is 3.81. The molecule has 2 N–H and O–H groups in total. The number of nitrogens with two attached hydrogens (primary N) is 1. The maximum atomic E-state index is 5.77. The van der Waals surface area contributed by atoms with E-state index in [0.29, 0.717) is 12.6 Å². The van der Waals surface area contributed by atoms with Crippen LogP contribution in [-0.2, 0) is 13.1 Å². The number of likely N-dealkylation sites (tertiary alicyclic amines) is 1. The smallest absolute Gasteiger partial charge is 0.0686 e. The number of aromatic nitrogens is 2. The summed E-state index contributed by atoms with van der Waals surface area (Å²) in [5.41, 5.74) is 9.57. The maximum Gasteiger partial charge on any atom is 0.0686 e. The normalized spacial score (nSPS) is 19.0. The Morgan fingerprint density at radius 3 is 2.88 bits per heavy atom. The van der Waals surface area contributed by atoms with E-state index in [1.165, 1.54) is 34.9 Å². The molecule has 24 heavy (non-hydrogen) atoms. The van der Waals surface area contributed by atoms with Crippen LogP contribution in [0.15, 0.2) is 54.7 Å². The molecule has 1 aliphatic rings. The van der Waals surface area contributed by atoms with Gasteiger partial charge in [0, 0.05) is 25.0 Å². The molecule has 4 heteroatoms. The molecule has 0 bridgehead atoms. The second kappa shape index (κ2) is 6.75. The highest BCUT2D eigenvalue weighted by Crippen LogP contribution is 2.26. The van der Waals surface area contributed by atoms with E-state index in [1.54, 1.807) is 0 Å². The monoisotopic (exact) mass is 320 g/mol. The van der Waals surface area contributed by atoms with Gasteiger partial charge in [0.2, 0.25) is 0 Å². The van der Waals surface area contributed by atoms with Gasteiger partial charge in [-0.1, -0.05) is 42.5 Å². The minimum absolute atomic E-state index is 0.455. The molecule has 1 aliphatic heterocycles. The first-order valence-electron chi connectivity index (χ1n) is 8.76. The third-order valence-electron chi connectivity index (χ3n) is 4.96. The molecule has 1 fully saturated rings. The summed E-state index contributed by atoms with van der Waals surface area (Å²) in [5.74, 6) is 0. The van der Waals surface area contributed by atoms with Crippen molar-refractivity contribution in [3.8, 4) is 0 Å². The summed E-state index contributed by atoms with van der Waals surface area (Å²) in [6.07, 6.45) is 4.40. The summed E-state index contributed by atoms with van der Waals surface area (Å²) >= 11 is 0. The number of hydrogen-bond acceptors (Lipinski definition) is 3. The summed E-state index contributed by atoms with van der Waals surface area (Å²) in [4.78, 5) is 2.54. The fourth-order valence-corrected chi connectivity index (χ4v) is 3.77. The second-order valence-electron chi connectivity index (χ2n) is 6.70. The number of fused-ring (bicyclic) bond motifs is 1. The Morgan fingerprint density at radius 1 is 1.08 bits per heavy atom. The molecule has 1 unspecified atom stereocenters. The average molecular weight is 320 g/mol. The highest BCUT2D eigenvalue weighted by atomic mass is 15.3. The fraction of sp³-hybridized carbons (Fsp3) is 0.350. The molecule has 2 aromatic carbocycles. The van der Waals surface area contributed by atoms with Crippen molar-refractivity contribution < 1.29 is 0 Å². The maximum absolute atomic E-state index is 5.77. The Labute approximate surface area is 142 Å². The molecule has 4 nitrogen and oxygen atoms in total. The molecule has 0 amide bonds. The molecule has 124 valence electrons. The fourth-order valence-electron chi connectivity index (χ4n) is 3.77. The molecule has 0 saturated carbocycles. The zero-order valence-corrected chi connectivity index (χ0v) is 13.9. The van der Waals surface area contributed by atoms with Crippen LogP contribution >= 0.6 is 0 Å². The molecule has 4 rings (SSSR count). The van der Waals surface area contributed by atoms with E-state index in [0.717, 1.165) is 19.6 Å². The van der Waals surface area contributed by atoms with E-state index >= 15 is 0 Å². The molecule has 1 aromatic heterocycles. The van der Waals surface area contributed by atoms with Gasteiger partial charge in [-0.25, -0.2) is 0 Å². The molecule has 1 atom stereocenters. The van der Waals surface area contributed by atoms with Crippen LogP contribution in [0, 0.1) is 0 Å². The topological polar surface area (TPSA) is 47.1 Å². The van der Waals surface area contributed by atoms with Crippen LogP contribution in [0.2, 0.25) is 0 Å². The van der Waals surface area contributed by atoms with E-state index in [1.807, 2.05) is 6.20 Å². The van der Waals surface area contributed by atoms with Crippen molar-refractivity contribution in [3.63, 3.8) is 0 Å². The number of hydrogen-bond donors (Lipinski definition) is 1. The second-order valence-corrected chi connectivity index (χ2v) is 6.70. The molecule has 1 saturated heterocycles. The molecule has 0 spiro atoms. The summed E-state index contributed by atoms with van der Waals surface area (Å²) < 4.78 is 2.22. The minimum atomic E-state index is 0.455. The van der Waals surface area contributed by atoms with E-state index in [4.69, 9.17) is 5.73 Å². The predicted octanol–water partition coefficient (Wildman–Crippen LogP) is 3.33. The van der Waals surface area contributed by atoms with Gasteiger partial charge in [-0.2, -0.15) is 5.10 Å². The lowest BCUT2D eigenvalue weighted by Gasteiger charge is -2.33. The van der Waals surface area contributed by atoms with E-state index in [-0.39, 0.29) is 0 Å². The Balaban J connectivity index is 1.51. The number of nitrogens with zero attached hydrogens (tertiary/aromatic N) is 3. The zero-order chi connectivity index (χ0) is 16.4. The standard InChI is InChI=1S/C20H24N4/c21-12-16-5-3-6-17(11-16)14-23-10-4-8-19(15-23)24-20-9-2-1-7-18(20)13-22-24/h1-3,5-7,9,11,13,19H,4,8,10,12,14-15,21H2. The third kappa shape index (κ3) is 3.07. The largest absolute Gasteiger partial charge is 0.326 e. The van der Waals surface area contributed by atoms with Crippen LogP contribution in [0.1, 0.15) is 30.0 Å². The number of rotatable bonds is 4. The first kappa shape index (κ1) is 15.4. The van der Waals surface area contributed by atoms with Crippen LogP contribution < -0.4 is 5.73 Å². The molecule has 0 aliphatic carbocycles. The van der Waals surface area contributed by atoms with Gasteiger partial charge in [-0.15, -0.1) is 0 Å². The van der Waals surface area contributed by atoms with Crippen molar-refractivity contribution in [2.45, 2.75) is 32.0 Å². The number of para-hydroxylation sites is 1. The van der Waals surface area contributed by atoms with E-state index in [2.05, 4.69) is 63.2 Å². The minimum Gasteiger partial charge on any atom is -0.326 e. The Bertz CT molecular complexity index is 823. The van der Waals surface area contributed by atoms with Gasteiger partial charge in [-0.05, 0) is 36.6 Å². The van der Waals surface area contributed by atoms with E-state index in [9.17, 15) is 0 Å². The molecule has 0 radical (unpaired) electrons. The predicted molar refractivity (Wildman–Crippen MR) is 97.6 cm³/mol. The SMILES string of the molecule is NCc1cccc(CN2CCCC(n3ncc4ccccc43)C2)c1. The summed E-state index contributed by atoms with van der Waals surface area (Å²) in [7, 11) is 0. The van der Waals surface area contributed by atoms with Gasteiger partial charge in [0.15, 0.2) is 0 Å². The lowest BCUT2D eigenvalue weighted by molar-refractivity contribution is 0.165. The van der Waals surface area contributed by atoms with E-state index < -0.39 is 0 Å². The van der Waals surface area contributed by atoms with Crippen LogP contribution in [0.4, 0.5) is 0 Å². The van der Waals surface area contributed by atoms with Crippen molar-refractivity contribution in [2.24, 2.45) is 5.73 Å². The third-order valence-corrected chi connectivity index (χ3v) is 4.96. The van der Waals surface area contributed by atoms with Crippen LogP contribution in [0.5, 0.6) is 0 Å². The highest BCUT2D eigenvalue weighted by Gasteiger charge is 2.23. The Hall–Kier alpha value is -2.17. The highest BCUT2D eigenvalue weighted by molar-refractivity contribution is 5.78. The van der Waals surface area contributed by atoms with Gasteiger partial charge in [0.05, 0.1) is 17.8 Å². The summed E-state index contributed by atoms with van der Waals surface area (Å²) in [6, 6.07) is 17.6. The van der Waals surface area contributed by atoms with Gasteiger partial charge in [0.25, 0.3) is 0 Å². The Kier molecular flexibility index (Phi) is 4.32. The van der Waals surface area contributed by atoms with Gasteiger partial charge >= 0.3 is 0 Å². The lowest BCUT2D eigenvalue weighted by Crippen LogP contribution is -2.36. The Morgan fingerprint density at radius 2 is 1.96 bits per heavy atom. The van der Waals surface area contributed by atoms with Gasteiger partial charge in [-0.3, -0.25) is 9.58 Å². The van der Waals surface area contributed by atoms with Crippen molar-refractivity contribution in [3.05, 3.63) is 65.9 Å². The molecule has 3 aromatic rings. The first-order chi connectivity index (χ1) is 11.8. The zero-order valence-electron chi connectivity index (χ0n) is 13.9. The lowest BCUT2D eigenvalue weighted by atomic mass is 10.0. The summed E-state index contributed by atoms with van der Waals surface area (Å²) in [5, 5.41) is 5.89. The van der Waals surface area contributed by atoms with Crippen molar-refractivity contribution in [1.29, 1.82) is 0 Å². The molecular weight excluding hydrogens is 296 g/mol.